The number of carbonyl (C=O) groups is 1. The van der Waals surface area contributed by atoms with Crippen LogP contribution in [0.15, 0.2) is 97.2 Å². The van der Waals surface area contributed by atoms with Gasteiger partial charge in [-0.2, -0.15) is 0 Å². The Bertz CT molecular complexity index is 1330. The Labute approximate surface area is 396 Å². The van der Waals surface area contributed by atoms with E-state index in [4.69, 9.17) is 9.47 Å². The lowest BCUT2D eigenvalue weighted by Crippen LogP contribution is -2.60. The van der Waals surface area contributed by atoms with Gasteiger partial charge in [0.25, 0.3) is 0 Å². The van der Waals surface area contributed by atoms with E-state index >= 15 is 0 Å². The highest BCUT2D eigenvalue weighted by atomic mass is 16.7. The van der Waals surface area contributed by atoms with E-state index in [1.807, 2.05) is 6.08 Å². The fourth-order valence-electron chi connectivity index (χ4n) is 7.55. The average molecular weight is 910 g/mol. The van der Waals surface area contributed by atoms with Crippen molar-refractivity contribution in [3.8, 4) is 0 Å². The molecule has 0 aromatic rings. The SMILES string of the molecule is CC/C=C\C/C=C\C/C=C\C/C=C\C/C=C\C/C=C\C/C=C\CCCCCCCCCCCCCCCCCC(=O)NC(COC1OC(CO)C(O)C(O)C1O)C(O)/C=C/CCCCC. The van der Waals surface area contributed by atoms with Crippen molar-refractivity contribution in [3.05, 3.63) is 97.2 Å². The number of nitrogens with one attached hydrogen (secondary N) is 1. The molecule has 9 heteroatoms. The van der Waals surface area contributed by atoms with E-state index in [0.29, 0.717) is 6.42 Å². The molecule has 1 rings (SSSR count). The summed E-state index contributed by atoms with van der Waals surface area (Å²) in [4.78, 5) is 12.9. The van der Waals surface area contributed by atoms with E-state index in [0.717, 1.165) is 89.9 Å². The number of ether oxygens (including phenoxy) is 2. The van der Waals surface area contributed by atoms with Crippen LogP contribution in [0.4, 0.5) is 0 Å². The molecule has 0 aromatic heterocycles. The Morgan fingerprint density at radius 2 is 0.954 bits per heavy atom. The summed E-state index contributed by atoms with van der Waals surface area (Å²) in [6, 6.07) is -0.805. The standard InChI is InChI=1S/C56H95NO8/c1-3-5-7-9-10-11-12-13-14-15-16-17-18-19-20-21-22-23-24-25-26-27-28-29-30-31-32-33-34-35-36-37-38-39-40-42-44-46-52(60)57-49(50(59)45-43-41-8-6-4-2)48-64-56-55(63)54(62)53(61)51(47-58)65-56/h5,7,10-11,13-14,16-17,19-20,22-23,25-26,43,45,49-51,53-56,58-59,61-63H,3-4,6,8-9,12,15,18,21,24,27-42,44,46-48H2,1-2H3,(H,57,60)/b7-5-,11-10-,14-13-,17-16-,20-19-,23-22-,26-25-,45-43+. The third-order valence-electron chi connectivity index (χ3n) is 11.7. The summed E-state index contributed by atoms with van der Waals surface area (Å²) in [5, 5.41) is 53.8. The van der Waals surface area contributed by atoms with Crippen molar-refractivity contribution in [1.82, 2.24) is 5.32 Å². The normalized spacial score (nSPS) is 20.8. The lowest BCUT2D eigenvalue weighted by atomic mass is 9.99. The van der Waals surface area contributed by atoms with Crippen LogP contribution in [0.5, 0.6) is 0 Å². The molecule has 1 aliphatic rings. The molecule has 1 fully saturated rings. The molecule has 9 nitrogen and oxygen atoms in total. The number of rotatable bonds is 42. The number of carbonyl (C=O) groups excluding carboxylic acids is 1. The Kier molecular flexibility index (Phi) is 41.6. The zero-order valence-electron chi connectivity index (χ0n) is 41.0. The van der Waals surface area contributed by atoms with Crippen LogP contribution in [-0.2, 0) is 14.3 Å². The molecule has 1 amide bonds. The van der Waals surface area contributed by atoms with Crippen molar-refractivity contribution in [1.29, 1.82) is 0 Å². The predicted molar refractivity (Wildman–Crippen MR) is 271 cm³/mol. The largest absolute Gasteiger partial charge is 0.394 e. The molecule has 0 saturated carbocycles. The van der Waals surface area contributed by atoms with Crippen molar-refractivity contribution in [2.45, 2.75) is 236 Å². The lowest BCUT2D eigenvalue weighted by molar-refractivity contribution is -0.302. The average Bonchev–Trinajstić information content (AvgIpc) is 3.31. The first-order chi connectivity index (χ1) is 31.8. The highest BCUT2D eigenvalue weighted by Gasteiger charge is 2.44. The van der Waals surface area contributed by atoms with Gasteiger partial charge in [0.15, 0.2) is 6.29 Å². The lowest BCUT2D eigenvalue weighted by Gasteiger charge is -2.40. The van der Waals surface area contributed by atoms with Crippen molar-refractivity contribution in [3.63, 3.8) is 0 Å². The first-order valence-corrected chi connectivity index (χ1v) is 26.0. The van der Waals surface area contributed by atoms with Crippen LogP contribution in [0.1, 0.15) is 194 Å². The van der Waals surface area contributed by atoms with Crippen LogP contribution < -0.4 is 5.32 Å². The zero-order chi connectivity index (χ0) is 47.3. The third-order valence-corrected chi connectivity index (χ3v) is 11.7. The van der Waals surface area contributed by atoms with Crippen LogP contribution in [-0.4, -0.2) is 87.5 Å². The van der Waals surface area contributed by atoms with E-state index < -0.39 is 49.5 Å². The molecule has 0 aliphatic carbocycles. The number of aliphatic hydroxyl groups excluding tert-OH is 5. The van der Waals surface area contributed by atoms with Gasteiger partial charge in [0.2, 0.25) is 5.91 Å². The zero-order valence-corrected chi connectivity index (χ0v) is 41.0. The van der Waals surface area contributed by atoms with Gasteiger partial charge in [-0.25, -0.2) is 0 Å². The van der Waals surface area contributed by atoms with Crippen molar-refractivity contribution in [2.24, 2.45) is 0 Å². The minimum atomic E-state index is -1.57. The van der Waals surface area contributed by atoms with Crippen LogP contribution in [0.25, 0.3) is 0 Å². The molecule has 372 valence electrons. The van der Waals surface area contributed by atoms with Crippen molar-refractivity contribution >= 4 is 5.91 Å². The molecule has 0 radical (unpaired) electrons. The van der Waals surface area contributed by atoms with Crippen LogP contribution >= 0.6 is 0 Å². The number of unbranched alkanes of at least 4 members (excludes halogenated alkanes) is 18. The Balaban J connectivity index is 2.02. The van der Waals surface area contributed by atoms with Crippen molar-refractivity contribution in [2.75, 3.05) is 13.2 Å². The Morgan fingerprint density at radius 1 is 0.538 bits per heavy atom. The van der Waals surface area contributed by atoms with Gasteiger partial charge in [-0.1, -0.05) is 207 Å². The molecule has 1 saturated heterocycles. The van der Waals surface area contributed by atoms with Gasteiger partial charge in [-0.05, 0) is 77.0 Å². The van der Waals surface area contributed by atoms with Crippen LogP contribution in [0, 0.1) is 0 Å². The minimum absolute atomic E-state index is 0.189. The van der Waals surface area contributed by atoms with Gasteiger partial charge in [-0.3, -0.25) is 4.79 Å². The highest BCUT2D eigenvalue weighted by Crippen LogP contribution is 2.22. The van der Waals surface area contributed by atoms with E-state index in [1.54, 1.807) is 6.08 Å². The van der Waals surface area contributed by atoms with Gasteiger partial charge in [0.05, 0.1) is 25.4 Å². The second-order valence-electron chi connectivity index (χ2n) is 17.6. The van der Waals surface area contributed by atoms with E-state index in [1.165, 1.54) is 83.5 Å². The Morgan fingerprint density at radius 3 is 1.42 bits per heavy atom. The molecule has 0 aromatic carbocycles. The number of aliphatic hydroxyl groups is 5. The highest BCUT2D eigenvalue weighted by molar-refractivity contribution is 5.76. The first kappa shape index (κ1) is 60.1. The maximum atomic E-state index is 12.9. The second kappa shape index (κ2) is 44.9. The molecule has 7 unspecified atom stereocenters. The monoisotopic (exact) mass is 910 g/mol. The maximum absolute atomic E-state index is 12.9. The second-order valence-corrected chi connectivity index (χ2v) is 17.6. The molecule has 0 bridgehead atoms. The molecule has 1 aliphatic heterocycles. The fraction of sp³-hybridized carbons (Fsp3) is 0.696. The maximum Gasteiger partial charge on any atom is 0.220 e. The van der Waals surface area contributed by atoms with Gasteiger partial charge in [-0.15, -0.1) is 0 Å². The molecule has 6 N–H and O–H groups in total. The molecule has 1 heterocycles. The number of allylic oxidation sites excluding steroid dienone is 15. The number of amides is 1. The summed E-state index contributed by atoms with van der Waals surface area (Å²) in [5.74, 6) is -0.189. The van der Waals surface area contributed by atoms with Crippen molar-refractivity contribution < 1.29 is 39.8 Å². The quantitative estimate of drug-likeness (QED) is 0.0262. The molecule has 65 heavy (non-hydrogen) atoms. The summed E-state index contributed by atoms with van der Waals surface area (Å²) in [6.45, 7) is 3.53. The van der Waals surface area contributed by atoms with Gasteiger partial charge >= 0.3 is 0 Å². The van der Waals surface area contributed by atoms with Gasteiger partial charge in [0.1, 0.15) is 24.4 Å². The van der Waals surface area contributed by atoms with E-state index in [9.17, 15) is 30.3 Å². The number of hydrogen-bond acceptors (Lipinski definition) is 8. The summed E-state index contributed by atoms with van der Waals surface area (Å²) < 4.78 is 11.1. The summed E-state index contributed by atoms with van der Waals surface area (Å²) >= 11 is 0. The first-order valence-electron chi connectivity index (χ1n) is 26.0. The fourth-order valence-corrected chi connectivity index (χ4v) is 7.55. The van der Waals surface area contributed by atoms with Gasteiger partial charge < -0.3 is 40.3 Å². The predicted octanol–water partition coefficient (Wildman–Crippen LogP) is 12.1. The molecule has 0 spiro atoms. The smallest absolute Gasteiger partial charge is 0.220 e. The van der Waals surface area contributed by atoms with Crippen LogP contribution in [0.2, 0.25) is 0 Å². The summed E-state index contributed by atoms with van der Waals surface area (Å²) in [5.41, 5.74) is 0. The third kappa shape index (κ3) is 35.0. The summed E-state index contributed by atoms with van der Waals surface area (Å²) in [6.07, 6.45) is 58.2. The number of hydrogen-bond donors (Lipinski definition) is 6. The Hall–Kier alpha value is -2.89. The van der Waals surface area contributed by atoms with Crippen LogP contribution in [0.3, 0.4) is 0 Å². The molecular weight excluding hydrogens is 815 g/mol. The molecular formula is C56H95NO8. The van der Waals surface area contributed by atoms with Gasteiger partial charge in [0, 0.05) is 6.42 Å². The minimum Gasteiger partial charge on any atom is -0.394 e. The van der Waals surface area contributed by atoms with E-state index in [-0.39, 0.29) is 12.5 Å². The molecule has 7 atom stereocenters. The summed E-state index contributed by atoms with van der Waals surface area (Å²) in [7, 11) is 0. The topological polar surface area (TPSA) is 149 Å². The van der Waals surface area contributed by atoms with E-state index in [2.05, 4.69) is 104 Å².